The number of nitrogens with zero attached hydrogens (tertiary/aromatic N) is 9. The van der Waals surface area contributed by atoms with Crippen molar-refractivity contribution in [2.75, 3.05) is 67.5 Å². The summed E-state index contributed by atoms with van der Waals surface area (Å²) in [5.74, 6) is 1.29. The lowest BCUT2D eigenvalue weighted by Gasteiger charge is -2.48. The van der Waals surface area contributed by atoms with E-state index in [1.807, 2.05) is 28.3 Å². The molecule has 380 valence electrons. The highest BCUT2D eigenvalue weighted by Crippen LogP contribution is 2.53. The summed E-state index contributed by atoms with van der Waals surface area (Å²) in [6, 6.07) is 13.9. The fourth-order valence-corrected chi connectivity index (χ4v) is 13.4. The smallest absolute Gasteiger partial charge is 0.238 e. The number of rotatable bonds is 10. The molecule has 12 rings (SSSR count). The second kappa shape index (κ2) is 18.5. The molecule has 1 spiro atoms. The molecule has 2 N–H and O–H groups in total. The molecule has 3 aromatic heterocycles. The van der Waals surface area contributed by atoms with E-state index in [1.165, 1.54) is 19.3 Å². The van der Waals surface area contributed by atoms with Crippen LogP contribution < -0.4 is 20.4 Å². The van der Waals surface area contributed by atoms with Crippen LogP contribution in [0.15, 0.2) is 48.9 Å². The van der Waals surface area contributed by atoms with Crippen LogP contribution in [0.4, 0.5) is 17.3 Å². The summed E-state index contributed by atoms with van der Waals surface area (Å²) >= 11 is 0. The van der Waals surface area contributed by atoms with E-state index < -0.39 is 10.8 Å². The van der Waals surface area contributed by atoms with Gasteiger partial charge in [-0.2, -0.15) is 0 Å². The van der Waals surface area contributed by atoms with Gasteiger partial charge in [0.2, 0.25) is 29.5 Å². The molecule has 8 aliphatic rings. The lowest BCUT2D eigenvalue weighted by molar-refractivity contribution is -0.150. The van der Waals surface area contributed by atoms with Crippen LogP contribution in [0.2, 0.25) is 0 Å². The Bertz CT molecular complexity index is 2770. The maximum absolute atomic E-state index is 15.3. The van der Waals surface area contributed by atoms with Crippen molar-refractivity contribution in [1.29, 1.82) is 0 Å². The Labute approximate surface area is 422 Å². The summed E-state index contributed by atoms with van der Waals surface area (Å²) in [5, 5.41) is 6.13. The number of anilines is 3. The number of carbonyl (C=O) groups is 5. The number of amides is 5. The molecule has 16 heteroatoms. The molecule has 7 fully saturated rings. The molecule has 5 saturated heterocycles. The molecular weight excluding hydrogens is 907 g/mol. The van der Waals surface area contributed by atoms with Crippen LogP contribution in [0, 0.1) is 11.3 Å². The first-order chi connectivity index (χ1) is 34.9. The summed E-state index contributed by atoms with van der Waals surface area (Å²) in [5.41, 5.74) is 5.44. The molecule has 6 aliphatic heterocycles. The van der Waals surface area contributed by atoms with Crippen LogP contribution >= 0.6 is 0 Å². The van der Waals surface area contributed by atoms with Crippen LogP contribution in [0.25, 0.3) is 22.3 Å². The largest absolute Gasteiger partial charge is 0.366 e. The van der Waals surface area contributed by atoms with Crippen molar-refractivity contribution >= 4 is 57.9 Å². The number of benzene rings is 1. The van der Waals surface area contributed by atoms with E-state index in [4.69, 9.17) is 9.97 Å². The second-order valence-corrected chi connectivity index (χ2v) is 23.1. The van der Waals surface area contributed by atoms with Crippen LogP contribution in [0.5, 0.6) is 0 Å². The quantitative estimate of drug-likeness (QED) is 0.158. The standard InChI is InChI=1S/C56H71N11O5/c1-35(2)66-34-58-45-32-44(60-50(49(45)66)59-39-9-10-39)37-7-12-43-46(29-37)67(41-30-40(31-41)62-21-5-4-6-22-62)54(72)56(43)19-27-65(28-20-56)53(71)55(3)17-25-64(26-18-55)52(70)36-15-23-63(24-16-36)47-13-8-38(33-57-47)42-11-14-48(68)61-51(42)69/h7-8,12-13,29,32-36,39-42H,4-6,9-11,14-28,30-31H2,1-3H3,(H,59,60)(H,61,68,69). The van der Waals surface area contributed by atoms with Crippen molar-refractivity contribution in [3.63, 3.8) is 0 Å². The number of hydrogen-bond acceptors (Lipinski definition) is 11. The Morgan fingerprint density at radius 2 is 1.53 bits per heavy atom. The third-order valence-corrected chi connectivity index (χ3v) is 18.3. The molecule has 2 saturated carbocycles. The van der Waals surface area contributed by atoms with Gasteiger partial charge in [0.1, 0.15) is 11.3 Å². The van der Waals surface area contributed by atoms with E-state index in [-0.39, 0.29) is 53.5 Å². The van der Waals surface area contributed by atoms with E-state index >= 15 is 4.79 Å². The number of imidazole rings is 1. The molecule has 1 unspecified atom stereocenters. The van der Waals surface area contributed by atoms with Crippen LogP contribution in [-0.4, -0.2) is 134 Å². The number of imide groups is 1. The molecule has 0 bridgehead atoms. The van der Waals surface area contributed by atoms with Crippen molar-refractivity contribution in [2.24, 2.45) is 11.3 Å². The lowest BCUT2D eigenvalue weighted by Crippen LogP contribution is -2.59. The lowest BCUT2D eigenvalue weighted by atomic mass is 9.72. The third kappa shape index (κ3) is 8.42. The number of piperidine rings is 5. The second-order valence-electron chi connectivity index (χ2n) is 23.1. The van der Waals surface area contributed by atoms with Gasteiger partial charge in [-0.15, -0.1) is 0 Å². The zero-order valence-electron chi connectivity index (χ0n) is 42.4. The van der Waals surface area contributed by atoms with E-state index in [2.05, 4.69) is 79.9 Å². The molecule has 9 heterocycles. The monoisotopic (exact) mass is 978 g/mol. The molecule has 0 radical (unpaired) electrons. The minimum absolute atomic E-state index is 0.0725. The number of pyridine rings is 2. The van der Waals surface area contributed by atoms with Gasteiger partial charge in [-0.1, -0.05) is 31.5 Å². The van der Waals surface area contributed by atoms with Gasteiger partial charge in [0.15, 0.2) is 5.82 Å². The topological polar surface area (TPSA) is 169 Å². The summed E-state index contributed by atoms with van der Waals surface area (Å²) < 4.78 is 2.20. The van der Waals surface area contributed by atoms with E-state index in [0.29, 0.717) is 89.9 Å². The van der Waals surface area contributed by atoms with Crippen LogP contribution in [0.1, 0.15) is 140 Å². The Kier molecular flexibility index (Phi) is 12.1. The maximum Gasteiger partial charge on any atom is 0.238 e. The zero-order valence-corrected chi connectivity index (χ0v) is 42.4. The first-order valence-corrected chi connectivity index (χ1v) is 27.4. The molecule has 72 heavy (non-hydrogen) atoms. The molecule has 1 aromatic carbocycles. The van der Waals surface area contributed by atoms with Gasteiger partial charge in [0.05, 0.1) is 28.9 Å². The van der Waals surface area contributed by atoms with Crippen molar-refractivity contribution < 1.29 is 24.0 Å². The van der Waals surface area contributed by atoms with Crippen molar-refractivity contribution in [3.8, 4) is 11.3 Å². The zero-order chi connectivity index (χ0) is 49.5. The first-order valence-electron chi connectivity index (χ1n) is 27.4. The van der Waals surface area contributed by atoms with E-state index in [1.54, 1.807) is 6.20 Å². The number of carbonyl (C=O) groups excluding carboxylic acids is 5. The van der Waals surface area contributed by atoms with E-state index in [0.717, 1.165) is 102 Å². The highest BCUT2D eigenvalue weighted by atomic mass is 16.2. The summed E-state index contributed by atoms with van der Waals surface area (Å²) in [4.78, 5) is 93.6. The summed E-state index contributed by atoms with van der Waals surface area (Å²) in [6.07, 6.45) is 16.4. The minimum atomic E-state index is -0.686. The molecule has 2 aliphatic carbocycles. The van der Waals surface area contributed by atoms with Gasteiger partial charge in [-0.3, -0.25) is 29.3 Å². The van der Waals surface area contributed by atoms with Gasteiger partial charge in [-0.25, -0.2) is 15.0 Å². The summed E-state index contributed by atoms with van der Waals surface area (Å²) in [6.45, 7) is 12.3. The Morgan fingerprint density at radius 1 is 0.792 bits per heavy atom. The Balaban J connectivity index is 0.705. The van der Waals surface area contributed by atoms with Crippen molar-refractivity contribution in [3.05, 3.63) is 60.0 Å². The van der Waals surface area contributed by atoms with Gasteiger partial charge < -0.3 is 34.4 Å². The SMILES string of the molecule is CC(C)n1cnc2cc(-c3ccc4c(c3)N(C3CC(N5CCCCC5)C3)C(=O)C43CCN(C(=O)C4(C)CCN(C(=O)C5CCN(c6ccc(C7CCC(=O)NC7=O)cn6)CC5)CC4)CC3)nc(NC3CC3)c21. The number of hydrogen-bond donors (Lipinski definition) is 2. The number of nitrogens with one attached hydrogen (secondary N) is 2. The Hall–Kier alpha value is -5.90. The average molecular weight is 978 g/mol. The van der Waals surface area contributed by atoms with Crippen LogP contribution in [-0.2, 0) is 29.4 Å². The normalized spacial score (nSPS) is 25.8. The summed E-state index contributed by atoms with van der Waals surface area (Å²) in [7, 11) is 0. The molecular formula is C56H71N11O5. The van der Waals surface area contributed by atoms with Crippen molar-refractivity contribution in [1.82, 2.24) is 39.5 Å². The molecule has 16 nitrogen and oxygen atoms in total. The fraction of sp³-hybridized carbons (Fsp3) is 0.607. The predicted octanol–water partition coefficient (Wildman–Crippen LogP) is 6.94. The number of likely N-dealkylation sites (tertiary alicyclic amines) is 3. The first kappa shape index (κ1) is 47.1. The Morgan fingerprint density at radius 3 is 2.21 bits per heavy atom. The van der Waals surface area contributed by atoms with Gasteiger partial charge in [-0.05, 0) is 140 Å². The average Bonchev–Trinajstić information content (AvgIpc) is 4.05. The highest BCUT2D eigenvalue weighted by molar-refractivity contribution is 6.09. The molecule has 1 atom stereocenters. The highest BCUT2D eigenvalue weighted by Gasteiger charge is 2.56. The molecule has 5 amide bonds. The minimum Gasteiger partial charge on any atom is -0.366 e. The van der Waals surface area contributed by atoms with Gasteiger partial charge in [0, 0.05) is 98.6 Å². The number of aromatic nitrogens is 4. The maximum atomic E-state index is 15.3. The van der Waals surface area contributed by atoms with Crippen molar-refractivity contribution in [2.45, 2.75) is 153 Å². The fourth-order valence-electron chi connectivity index (χ4n) is 13.4. The van der Waals surface area contributed by atoms with Crippen LogP contribution in [0.3, 0.4) is 0 Å². The molecule has 4 aromatic rings. The predicted molar refractivity (Wildman–Crippen MR) is 275 cm³/mol. The third-order valence-electron chi connectivity index (χ3n) is 18.3. The van der Waals surface area contributed by atoms with Gasteiger partial charge >= 0.3 is 0 Å². The van der Waals surface area contributed by atoms with E-state index in [9.17, 15) is 19.2 Å². The van der Waals surface area contributed by atoms with Gasteiger partial charge in [0.25, 0.3) is 0 Å². The number of fused-ring (bicyclic) bond motifs is 3.